The molecule has 1 saturated carbocycles. The van der Waals surface area contributed by atoms with Crippen molar-refractivity contribution in [3.05, 3.63) is 0 Å². The highest BCUT2D eigenvalue weighted by atomic mass is 15.3. The van der Waals surface area contributed by atoms with Gasteiger partial charge in [-0.2, -0.15) is 0 Å². The fraction of sp³-hybridized carbons (Fsp3) is 1.00. The molecule has 1 aliphatic carbocycles. The minimum absolute atomic E-state index is 0.286. The van der Waals surface area contributed by atoms with Crippen LogP contribution in [0.5, 0.6) is 0 Å². The molecule has 1 saturated heterocycles. The molecule has 0 bridgehead atoms. The van der Waals surface area contributed by atoms with Gasteiger partial charge in [0.2, 0.25) is 0 Å². The molecule has 3 nitrogen and oxygen atoms in total. The van der Waals surface area contributed by atoms with E-state index < -0.39 is 0 Å². The number of hydrogen-bond acceptors (Lipinski definition) is 3. The molecule has 2 aliphatic rings. The van der Waals surface area contributed by atoms with E-state index in [-0.39, 0.29) is 5.54 Å². The number of likely N-dealkylation sites (tertiary alicyclic amines) is 1. The molecule has 0 radical (unpaired) electrons. The van der Waals surface area contributed by atoms with Crippen LogP contribution in [0.25, 0.3) is 0 Å². The van der Waals surface area contributed by atoms with Gasteiger partial charge in [-0.05, 0) is 45.2 Å². The van der Waals surface area contributed by atoms with Crippen molar-refractivity contribution in [2.75, 3.05) is 32.7 Å². The molecule has 0 aromatic rings. The van der Waals surface area contributed by atoms with Crippen molar-refractivity contribution in [2.24, 2.45) is 5.73 Å². The molecule has 3 heteroatoms. The maximum Gasteiger partial charge on any atom is 0.0470 e. The highest BCUT2D eigenvalue weighted by molar-refractivity contribution is 5.03. The first-order valence-corrected chi connectivity index (χ1v) is 7.45. The summed E-state index contributed by atoms with van der Waals surface area (Å²) in [5.41, 5.74) is 6.43. The average Bonchev–Trinajstić information content (AvgIpc) is 3.09. The van der Waals surface area contributed by atoms with Crippen molar-refractivity contribution in [3.63, 3.8) is 0 Å². The first kappa shape index (κ1) is 13.3. The van der Waals surface area contributed by atoms with E-state index >= 15 is 0 Å². The summed E-state index contributed by atoms with van der Waals surface area (Å²) in [7, 11) is 0. The zero-order valence-corrected chi connectivity index (χ0v) is 11.6. The Bertz CT molecular complexity index is 234. The summed E-state index contributed by atoms with van der Waals surface area (Å²) in [6.07, 6.45) is 6.60. The maximum absolute atomic E-state index is 6.14. The summed E-state index contributed by atoms with van der Waals surface area (Å²) < 4.78 is 0. The SMILES string of the molecule is CCCN(CCC)C1(CN)CCN(C2CC2)C1. The molecule has 2 rings (SSSR count). The molecule has 17 heavy (non-hydrogen) atoms. The molecule has 100 valence electrons. The van der Waals surface area contributed by atoms with Crippen molar-refractivity contribution in [2.45, 2.75) is 57.5 Å². The average molecular weight is 239 g/mol. The topological polar surface area (TPSA) is 32.5 Å². The Morgan fingerprint density at radius 3 is 2.35 bits per heavy atom. The predicted molar refractivity (Wildman–Crippen MR) is 73.2 cm³/mol. The molecule has 0 aromatic heterocycles. The van der Waals surface area contributed by atoms with Crippen LogP contribution in [0.1, 0.15) is 46.0 Å². The van der Waals surface area contributed by atoms with Crippen LogP contribution in [0.15, 0.2) is 0 Å². The Morgan fingerprint density at radius 2 is 1.88 bits per heavy atom. The smallest absolute Gasteiger partial charge is 0.0470 e. The minimum atomic E-state index is 0.286. The van der Waals surface area contributed by atoms with Gasteiger partial charge in [0.15, 0.2) is 0 Å². The molecular formula is C14H29N3. The zero-order chi connectivity index (χ0) is 12.3. The highest BCUT2D eigenvalue weighted by Gasteiger charge is 2.45. The lowest BCUT2D eigenvalue weighted by Crippen LogP contribution is -2.56. The second-order valence-electron chi connectivity index (χ2n) is 5.87. The number of nitrogens with two attached hydrogens (primary N) is 1. The lowest BCUT2D eigenvalue weighted by Gasteiger charge is -2.40. The molecule has 0 aromatic carbocycles. The van der Waals surface area contributed by atoms with Crippen LogP contribution in [0.3, 0.4) is 0 Å². The molecule has 1 heterocycles. The van der Waals surface area contributed by atoms with Crippen molar-refractivity contribution < 1.29 is 0 Å². The van der Waals surface area contributed by atoms with Gasteiger partial charge in [-0.25, -0.2) is 0 Å². The zero-order valence-electron chi connectivity index (χ0n) is 11.6. The van der Waals surface area contributed by atoms with E-state index in [9.17, 15) is 0 Å². The van der Waals surface area contributed by atoms with Gasteiger partial charge in [-0.15, -0.1) is 0 Å². The maximum atomic E-state index is 6.14. The third-order valence-corrected chi connectivity index (χ3v) is 4.46. The molecule has 0 spiro atoms. The van der Waals surface area contributed by atoms with E-state index in [0.717, 1.165) is 12.6 Å². The van der Waals surface area contributed by atoms with Crippen LogP contribution < -0.4 is 5.73 Å². The van der Waals surface area contributed by atoms with Crippen LogP contribution >= 0.6 is 0 Å². The summed E-state index contributed by atoms with van der Waals surface area (Å²) in [4.78, 5) is 5.36. The van der Waals surface area contributed by atoms with E-state index in [1.54, 1.807) is 0 Å². The van der Waals surface area contributed by atoms with E-state index in [2.05, 4.69) is 23.6 Å². The summed E-state index contributed by atoms with van der Waals surface area (Å²) in [6, 6.07) is 0.897. The van der Waals surface area contributed by atoms with E-state index in [1.165, 1.54) is 58.3 Å². The summed E-state index contributed by atoms with van der Waals surface area (Å²) in [6.45, 7) is 10.3. The second kappa shape index (κ2) is 5.68. The molecule has 0 amide bonds. The fourth-order valence-electron chi connectivity index (χ4n) is 3.32. The molecule has 1 aliphatic heterocycles. The lowest BCUT2D eigenvalue weighted by atomic mass is 9.95. The molecule has 2 fully saturated rings. The van der Waals surface area contributed by atoms with Gasteiger partial charge in [0.25, 0.3) is 0 Å². The quantitative estimate of drug-likeness (QED) is 0.733. The summed E-state index contributed by atoms with van der Waals surface area (Å²) >= 11 is 0. The number of rotatable bonds is 7. The van der Waals surface area contributed by atoms with Gasteiger partial charge in [0.1, 0.15) is 0 Å². The first-order chi connectivity index (χ1) is 8.25. The highest BCUT2D eigenvalue weighted by Crippen LogP contribution is 2.35. The van der Waals surface area contributed by atoms with Crippen LogP contribution in [-0.2, 0) is 0 Å². The van der Waals surface area contributed by atoms with Gasteiger partial charge < -0.3 is 5.73 Å². The summed E-state index contributed by atoms with van der Waals surface area (Å²) in [5, 5.41) is 0. The fourth-order valence-corrected chi connectivity index (χ4v) is 3.32. The van der Waals surface area contributed by atoms with Crippen LogP contribution in [0.2, 0.25) is 0 Å². The predicted octanol–water partition coefficient (Wildman–Crippen LogP) is 1.67. The van der Waals surface area contributed by atoms with Crippen molar-refractivity contribution in [1.29, 1.82) is 0 Å². The molecule has 1 unspecified atom stereocenters. The number of nitrogens with zero attached hydrogens (tertiary/aromatic N) is 2. The van der Waals surface area contributed by atoms with Crippen LogP contribution in [0, 0.1) is 0 Å². The Labute approximate surface area is 106 Å². The molecule has 2 N–H and O–H groups in total. The van der Waals surface area contributed by atoms with E-state index in [0.29, 0.717) is 0 Å². The standard InChI is InChI=1S/C14H29N3/c1-3-8-17(9-4-2)14(11-15)7-10-16(12-14)13-5-6-13/h13H,3-12,15H2,1-2H3. The van der Waals surface area contributed by atoms with E-state index in [4.69, 9.17) is 5.73 Å². The van der Waals surface area contributed by atoms with Gasteiger partial charge in [0, 0.05) is 31.2 Å². The molecule has 1 atom stereocenters. The van der Waals surface area contributed by atoms with Crippen LogP contribution in [-0.4, -0.2) is 54.1 Å². The minimum Gasteiger partial charge on any atom is -0.329 e. The van der Waals surface area contributed by atoms with Crippen molar-refractivity contribution in [3.8, 4) is 0 Å². The van der Waals surface area contributed by atoms with Gasteiger partial charge >= 0.3 is 0 Å². The van der Waals surface area contributed by atoms with Crippen molar-refractivity contribution >= 4 is 0 Å². The monoisotopic (exact) mass is 239 g/mol. The lowest BCUT2D eigenvalue weighted by molar-refractivity contribution is 0.0971. The van der Waals surface area contributed by atoms with E-state index in [1.807, 2.05) is 0 Å². The largest absolute Gasteiger partial charge is 0.329 e. The van der Waals surface area contributed by atoms with Crippen molar-refractivity contribution in [1.82, 2.24) is 9.80 Å². The Morgan fingerprint density at radius 1 is 1.24 bits per heavy atom. The first-order valence-electron chi connectivity index (χ1n) is 7.45. The Kier molecular flexibility index (Phi) is 4.45. The van der Waals surface area contributed by atoms with Gasteiger partial charge in [0.05, 0.1) is 0 Å². The van der Waals surface area contributed by atoms with Gasteiger partial charge in [-0.1, -0.05) is 13.8 Å². The van der Waals surface area contributed by atoms with Crippen LogP contribution in [0.4, 0.5) is 0 Å². The third-order valence-electron chi connectivity index (χ3n) is 4.46. The Hall–Kier alpha value is -0.120. The molecular weight excluding hydrogens is 210 g/mol. The third kappa shape index (κ3) is 2.83. The van der Waals surface area contributed by atoms with Gasteiger partial charge in [-0.3, -0.25) is 9.80 Å². The summed E-state index contributed by atoms with van der Waals surface area (Å²) in [5.74, 6) is 0. The number of hydrogen-bond donors (Lipinski definition) is 1. The normalized spacial score (nSPS) is 30.4. The second-order valence-corrected chi connectivity index (χ2v) is 5.87. The Balaban J connectivity index is 2.00.